The zero-order valence-corrected chi connectivity index (χ0v) is 5.68. The van der Waals surface area contributed by atoms with Crippen molar-refractivity contribution in [2.45, 2.75) is 3.41 Å². The van der Waals surface area contributed by atoms with Crippen LogP contribution in [0.25, 0.3) is 0 Å². The second-order valence-corrected chi connectivity index (χ2v) is 4.28. The van der Waals surface area contributed by atoms with Crippen LogP contribution in [0.2, 0.25) is 0 Å². The highest BCUT2D eigenvalue weighted by atomic mass is 32.2. The van der Waals surface area contributed by atoms with E-state index in [1.807, 2.05) is 0 Å². The summed E-state index contributed by atoms with van der Waals surface area (Å²) in [5.41, 5.74) is 0. The van der Waals surface area contributed by atoms with E-state index < -0.39 is 3.41 Å². The topological polar surface area (TPSA) is 20.2 Å². The standard InChI is InChI=1S/C2H6OS3/c3-1-2(4,5)6/h3-6H,1H2. The van der Waals surface area contributed by atoms with E-state index in [4.69, 9.17) is 5.11 Å². The summed E-state index contributed by atoms with van der Waals surface area (Å²) >= 11 is 11.2. The van der Waals surface area contributed by atoms with E-state index >= 15 is 0 Å². The highest BCUT2D eigenvalue weighted by Crippen LogP contribution is 2.21. The lowest BCUT2D eigenvalue weighted by atomic mass is 10.8. The van der Waals surface area contributed by atoms with Gasteiger partial charge in [-0.05, 0) is 0 Å². The van der Waals surface area contributed by atoms with Crippen molar-refractivity contribution in [3.05, 3.63) is 0 Å². The van der Waals surface area contributed by atoms with E-state index in [1.165, 1.54) is 0 Å². The molecule has 6 heavy (non-hydrogen) atoms. The molecule has 0 radical (unpaired) electrons. The van der Waals surface area contributed by atoms with Crippen LogP contribution in [0.3, 0.4) is 0 Å². The molecule has 0 aliphatic rings. The van der Waals surface area contributed by atoms with Gasteiger partial charge < -0.3 is 5.11 Å². The van der Waals surface area contributed by atoms with Crippen LogP contribution in [0, 0.1) is 0 Å². The maximum absolute atomic E-state index is 8.17. The lowest BCUT2D eigenvalue weighted by Gasteiger charge is -2.08. The van der Waals surface area contributed by atoms with E-state index in [9.17, 15) is 0 Å². The fourth-order valence-corrected chi connectivity index (χ4v) is 0. The van der Waals surface area contributed by atoms with Gasteiger partial charge in [-0.25, -0.2) is 0 Å². The average Bonchev–Trinajstić information content (AvgIpc) is 1.35. The van der Waals surface area contributed by atoms with Gasteiger partial charge in [0.2, 0.25) is 0 Å². The zero-order chi connectivity index (χ0) is 5.21. The first-order chi connectivity index (χ1) is 2.56. The van der Waals surface area contributed by atoms with Gasteiger partial charge >= 0.3 is 0 Å². The van der Waals surface area contributed by atoms with Gasteiger partial charge in [0, 0.05) is 0 Å². The molecule has 0 unspecified atom stereocenters. The van der Waals surface area contributed by atoms with E-state index in [0.29, 0.717) is 0 Å². The Morgan fingerprint density at radius 3 is 1.50 bits per heavy atom. The molecule has 0 rings (SSSR count). The van der Waals surface area contributed by atoms with Crippen LogP contribution in [-0.4, -0.2) is 15.1 Å². The van der Waals surface area contributed by atoms with Gasteiger partial charge in [-0.3, -0.25) is 0 Å². The lowest BCUT2D eigenvalue weighted by Crippen LogP contribution is -2.07. The van der Waals surface area contributed by atoms with Crippen molar-refractivity contribution in [2.75, 3.05) is 6.61 Å². The highest BCUT2D eigenvalue weighted by molar-refractivity contribution is 8.17. The molecule has 0 aliphatic heterocycles. The molecule has 0 amide bonds. The van der Waals surface area contributed by atoms with Crippen molar-refractivity contribution in [1.82, 2.24) is 0 Å². The molecule has 0 atom stereocenters. The van der Waals surface area contributed by atoms with Crippen LogP contribution in [0.4, 0.5) is 0 Å². The number of thiol groups is 3. The summed E-state index contributed by atoms with van der Waals surface area (Å²) in [4.78, 5) is 0. The first-order valence-corrected chi connectivity index (χ1v) is 2.68. The number of hydrogen-bond acceptors (Lipinski definition) is 4. The second-order valence-electron chi connectivity index (χ2n) is 0.932. The Morgan fingerprint density at radius 1 is 1.33 bits per heavy atom. The maximum atomic E-state index is 8.17. The minimum absolute atomic E-state index is 0.137. The van der Waals surface area contributed by atoms with Crippen molar-refractivity contribution in [1.29, 1.82) is 0 Å². The molecule has 0 aromatic heterocycles. The summed E-state index contributed by atoms with van der Waals surface area (Å²) in [6, 6.07) is 0. The monoisotopic (exact) mass is 142 g/mol. The smallest absolute Gasteiger partial charge is 0.121 e. The van der Waals surface area contributed by atoms with Crippen LogP contribution in [-0.2, 0) is 0 Å². The van der Waals surface area contributed by atoms with Crippen LogP contribution in [0.5, 0.6) is 0 Å². The molecule has 4 heteroatoms. The van der Waals surface area contributed by atoms with E-state index in [0.717, 1.165) is 0 Å². The molecule has 0 spiro atoms. The van der Waals surface area contributed by atoms with Crippen molar-refractivity contribution in [3.63, 3.8) is 0 Å². The Bertz CT molecular complexity index is 38.5. The third kappa shape index (κ3) is 5.01. The second kappa shape index (κ2) is 2.35. The van der Waals surface area contributed by atoms with E-state index in [2.05, 4.69) is 37.9 Å². The van der Waals surface area contributed by atoms with Crippen molar-refractivity contribution < 1.29 is 5.11 Å². The minimum Gasteiger partial charge on any atom is -0.393 e. The molecular formula is C2H6OS3. The van der Waals surface area contributed by atoms with Crippen molar-refractivity contribution in [2.24, 2.45) is 0 Å². The van der Waals surface area contributed by atoms with Crippen molar-refractivity contribution >= 4 is 37.9 Å². The van der Waals surface area contributed by atoms with Gasteiger partial charge in [0.25, 0.3) is 0 Å². The summed E-state index contributed by atoms with van der Waals surface area (Å²) in [5.74, 6) is 0. The molecule has 0 heterocycles. The number of hydrogen-bond donors (Lipinski definition) is 4. The van der Waals surface area contributed by atoms with Crippen LogP contribution < -0.4 is 0 Å². The van der Waals surface area contributed by atoms with Crippen molar-refractivity contribution in [3.8, 4) is 0 Å². The van der Waals surface area contributed by atoms with E-state index in [1.54, 1.807) is 0 Å². The molecule has 0 fully saturated rings. The number of rotatable bonds is 1. The fourth-order valence-electron chi connectivity index (χ4n) is 0. The third-order valence-electron chi connectivity index (χ3n) is 0.212. The maximum Gasteiger partial charge on any atom is 0.121 e. The molecule has 0 saturated carbocycles. The van der Waals surface area contributed by atoms with Gasteiger partial charge in [-0.2, -0.15) is 0 Å². The fraction of sp³-hybridized carbons (Fsp3) is 1.00. The van der Waals surface area contributed by atoms with Crippen LogP contribution in [0.15, 0.2) is 0 Å². The van der Waals surface area contributed by atoms with Gasteiger partial charge in [-0.1, -0.05) is 0 Å². The van der Waals surface area contributed by atoms with Gasteiger partial charge in [-0.15, -0.1) is 37.9 Å². The first kappa shape index (κ1) is 7.01. The van der Waals surface area contributed by atoms with Crippen LogP contribution >= 0.6 is 37.9 Å². The summed E-state index contributed by atoms with van der Waals surface area (Å²) in [5, 5.41) is 8.17. The summed E-state index contributed by atoms with van der Waals surface area (Å²) in [6.45, 7) is -0.137. The summed E-state index contributed by atoms with van der Waals surface area (Å²) in [7, 11) is 0. The average molecular weight is 142 g/mol. The SMILES string of the molecule is OCC(S)(S)S. The Morgan fingerprint density at radius 2 is 1.50 bits per heavy atom. The zero-order valence-electron chi connectivity index (χ0n) is 3.00. The quantitative estimate of drug-likeness (QED) is 0.309. The predicted octanol–water partition coefficient (Wildman–Crippen LogP) is 0.422. The molecule has 38 valence electrons. The summed E-state index contributed by atoms with van der Waals surface area (Å²) < 4.78 is -0.819. The largest absolute Gasteiger partial charge is 0.393 e. The Kier molecular flexibility index (Phi) is 2.75. The third-order valence-corrected chi connectivity index (χ3v) is 0.636. The molecule has 0 bridgehead atoms. The van der Waals surface area contributed by atoms with Gasteiger partial charge in [0.15, 0.2) is 0 Å². The molecule has 1 nitrogen and oxygen atoms in total. The Labute approximate surface area is 53.4 Å². The molecule has 0 aromatic rings. The molecule has 0 aromatic carbocycles. The Balaban J connectivity index is 3.17. The van der Waals surface area contributed by atoms with Gasteiger partial charge in [0.1, 0.15) is 3.41 Å². The normalized spacial score (nSPS) is 12.0. The molecular weight excluding hydrogens is 136 g/mol. The van der Waals surface area contributed by atoms with Gasteiger partial charge in [0.05, 0.1) is 6.61 Å². The summed E-state index contributed by atoms with van der Waals surface area (Å²) in [6.07, 6.45) is 0. The highest BCUT2D eigenvalue weighted by Gasteiger charge is 2.09. The number of aliphatic hydroxyl groups excluding tert-OH is 1. The van der Waals surface area contributed by atoms with Crippen LogP contribution in [0.1, 0.15) is 0 Å². The predicted molar refractivity (Wildman–Crippen MR) is 36.8 cm³/mol. The molecule has 0 aliphatic carbocycles. The van der Waals surface area contributed by atoms with E-state index in [-0.39, 0.29) is 6.61 Å². The number of aliphatic hydroxyl groups is 1. The Hall–Kier alpha value is 1.01. The molecule has 0 saturated heterocycles. The lowest BCUT2D eigenvalue weighted by molar-refractivity contribution is 0.310. The first-order valence-electron chi connectivity index (χ1n) is 1.34. The molecule has 1 N–H and O–H groups in total. The minimum atomic E-state index is -0.819.